The summed E-state index contributed by atoms with van der Waals surface area (Å²) in [5.41, 5.74) is 2.88. The van der Waals surface area contributed by atoms with Crippen molar-refractivity contribution in [3.63, 3.8) is 0 Å². The predicted octanol–water partition coefficient (Wildman–Crippen LogP) is 4.59. The van der Waals surface area contributed by atoms with Gasteiger partial charge in [-0.25, -0.2) is 18.7 Å². The van der Waals surface area contributed by atoms with Crippen molar-refractivity contribution in [2.75, 3.05) is 5.32 Å². The van der Waals surface area contributed by atoms with Gasteiger partial charge in [0, 0.05) is 49.3 Å². The molecule has 0 spiro atoms. The molecule has 0 amide bonds. The molecule has 0 atom stereocenters. The Bertz CT molecular complexity index is 928. The number of anilines is 1. The van der Waals surface area contributed by atoms with E-state index in [0.717, 1.165) is 49.3 Å². The van der Waals surface area contributed by atoms with E-state index in [1.54, 1.807) is 6.20 Å². The van der Waals surface area contributed by atoms with Crippen molar-refractivity contribution < 1.29 is 8.78 Å². The molecular weight excluding hydrogens is 422 g/mol. The van der Waals surface area contributed by atoms with Crippen LogP contribution in [0.15, 0.2) is 12.4 Å². The lowest BCUT2D eigenvalue weighted by Crippen LogP contribution is -2.52. The summed E-state index contributed by atoms with van der Waals surface area (Å²) in [5.74, 6) is -1.15. The first-order valence-corrected chi connectivity index (χ1v) is 11.7. The van der Waals surface area contributed by atoms with E-state index in [1.807, 2.05) is 17.9 Å². The van der Waals surface area contributed by atoms with Crippen LogP contribution < -0.4 is 10.6 Å². The van der Waals surface area contributed by atoms with Gasteiger partial charge >= 0.3 is 0 Å². The summed E-state index contributed by atoms with van der Waals surface area (Å²) >= 11 is 6.46. The van der Waals surface area contributed by atoms with Crippen LogP contribution in [0, 0.1) is 5.92 Å². The number of aryl methyl sites for hydroxylation is 1. The minimum Gasteiger partial charge on any atom is -0.351 e. The third kappa shape index (κ3) is 4.85. The van der Waals surface area contributed by atoms with Crippen molar-refractivity contribution in [2.45, 2.75) is 81.8 Å². The molecule has 5 rings (SSSR count). The minimum absolute atomic E-state index is 0.0242. The second-order valence-electron chi connectivity index (χ2n) is 9.49. The van der Waals surface area contributed by atoms with Gasteiger partial charge in [0.2, 0.25) is 5.95 Å². The Hall–Kier alpha value is -1.80. The molecule has 2 aromatic heterocycles. The molecule has 0 radical (unpaired) electrons. The molecule has 6 nitrogen and oxygen atoms in total. The molecule has 0 aliphatic heterocycles. The van der Waals surface area contributed by atoms with Gasteiger partial charge in [0.25, 0.3) is 5.92 Å². The molecule has 2 aromatic rings. The van der Waals surface area contributed by atoms with E-state index in [9.17, 15) is 8.78 Å². The second-order valence-corrected chi connectivity index (χ2v) is 9.89. The fourth-order valence-corrected chi connectivity index (χ4v) is 5.02. The number of halogens is 3. The monoisotopic (exact) mass is 450 g/mol. The van der Waals surface area contributed by atoms with Gasteiger partial charge in [-0.05, 0) is 50.9 Å². The number of hydrogen-bond acceptors (Lipinski definition) is 5. The molecule has 168 valence electrons. The van der Waals surface area contributed by atoms with E-state index in [2.05, 4.69) is 20.7 Å². The molecule has 0 bridgehead atoms. The zero-order valence-electron chi connectivity index (χ0n) is 17.8. The van der Waals surface area contributed by atoms with E-state index in [0.29, 0.717) is 17.0 Å². The van der Waals surface area contributed by atoms with E-state index < -0.39 is 5.92 Å². The van der Waals surface area contributed by atoms with E-state index >= 15 is 0 Å². The summed E-state index contributed by atoms with van der Waals surface area (Å²) in [7, 11) is 1.96. The van der Waals surface area contributed by atoms with Crippen LogP contribution in [0.4, 0.5) is 14.7 Å². The number of nitrogens with one attached hydrogen (secondary N) is 2. The highest BCUT2D eigenvalue weighted by Crippen LogP contribution is 2.39. The van der Waals surface area contributed by atoms with Gasteiger partial charge in [0.1, 0.15) is 0 Å². The van der Waals surface area contributed by atoms with Gasteiger partial charge in [-0.1, -0.05) is 11.6 Å². The summed E-state index contributed by atoms with van der Waals surface area (Å²) in [6, 6.07) is 0.562. The maximum absolute atomic E-state index is 13.0. The molecule has 3 aliphatic rings. The first-order valence-electron chi connectivity index (χ1n) is 11.3. The number of alkyl halides is 2. The normalized spacial score (nSPS) is 25.9. The van der Waals surface area contributed by atoms with Crippen LogP contribution in [0.3, 0.4) is 0 Å². The lowest BCUT2D eigenvalue weighted by molar-refractivity contribution is -0.0954. The van der Waals surface area contributed by atoms with Crippen LogP contribution >= 0.6 is 11.6 Å². The second kappa shape index (κ2) is 8.28. The molecule has 0 saturated heterocycles. The van der Waals surface area contributed by atoms with Crippen LogP contribution in [0.25, 0.3) is 11.3 Å². The lowest BCUT2D eigenvalue weighted by Gasteiger charge is -2.40. The molecule has 3 saturated carbocycles. The first kappa shape index (κ1) is 21.1. The lowest BCUT2D eigenvalue weighted by atomic mass is 9.85. The Balaban J connectivity index is 1.21. The number of rotatable bonds is 7. The Morgan fingerprint density at radius 2 is 1.77 bits per heavy atom. The highest BCUT2D eigenvalue weighted by molar-refractivity contribution is 6.32. The van der Waals surface area contributed by atoms with Gasteiger partial charge in [0.15, 0.2) is 0 Å². The Morgan fingerprint density at radius 1 is 1.06 bits per heavy atom. The van der Waals surface area contributed by atoms with Crippen molar-refractivity contribution in [1.29, 1.82) is 0 Å². The molecular formula is C22H29ClF2N6. The summed E-state index contributed by atoms with van der Waals surface area (Å²) in [6.07, 6.45) is 10.9. The van der Waals surface area contributed by atoms with Gasteiger partial charge in [-0.15, -0.1) is 0 Å². The van der Waals surface area contributed by atoms with Gasteiger partial charge in [0.05, 0.1) is 23.1 Å². The maximum Gasteiger partial charge on any atom is 0.251 e. The van der Waals surface area contributed by atoms with Crippen molar-refractivity contribution in [2.24, 2.45) is 13.0 Å². The van der Waals surface area contributed by atoms with E-state index in [1.165, 1.54) is 18.5 Å². The van der Waals surface area contributed by atoms with Crippen molar-refractivity contribution >= 4 is 17.5 Å². The molecule has 2 N–H and O–H groups in total. The number of nitrogens with zero attached hydrogens (tertiary/aromatic N) is 4. The molecule has 9 heteroatoms. The minimum atomic E-state index is -2.47. The van der Waals surface area contributed by atoms with E-state index in [4.69, 9.17) is 16.6 Å². The van der Waals surface area contributed by atoms with E-state index in [-0.39, 0.29) is 24.9 Å². The van der Waals surface area contributed by atoms with Gasteiger partial charge in [-0.3, -0.25) is 4.68 Å². The third-order valence-electron chi connectivity index (χ3n) is 6.86. The largest absolute Gasteiger partial charge is 0.351 e. The standard InChI is InChI=1S/C22H29ClF2N6/c1-31-19(8-13-2-3-13)17(11-27-31)20-18(23)12-26-21(30-20)29-15-6-4-14(5-7-15)28-16-9-22(24,25)10-16/h11-16,28H,2-10H2,1H3,(H,26,29,30). The predicted molar refractivity (Wildman–Crippen MR) is 116 cm³/mol. The fraction of sp³-hybridized carbons (Fsp3) is 0.682. The zero-order chi connectivity index (χ0) is 21.6. The van der Waals surface area contributed by atoms with Crippen molar-refractivity contribution in [3.8, 4) is 11.3 Å². The first-order chi connectivity index (χ1) is 14.9. The number of aromatic nitrogens is 4. The SMILES string of the molecule is Cn1ncc(-c2nc(NC3CCC(NC4CC(F)(F)C4)CC3)ncc2Cl)c1CC1CC1. The number of hydrogen-bond donors (Lipinski definition) is 2. The fourth-order valence-electron chi connectivity index (χ4n) is 4.82. The molecule has 3 aliphatic carbocycles. The molecule has 3 fully saturated rings. The van der Waals surface area contributed by atoms with Crippen molar-refractivity contribution in [1.82, 2.24) is 25.1 Å². The highest BCUT2D eigenvalue weighted by Gasteiger charge is 2.45. The zero-order valence-corrected chi connectivity index (χ0v) is 18.5. The van der Waals surface area contributed by atoms with Crippen LogP contribution in [-0.4, -0.2) is 43.8 Å². The quantitative estimate of drug-likeness (QED) is 0.645. The summed E-state index contributed by atoms with van der Waals surface area (Å²) in [5, 5.41) is 11.8. The third-order valence-corrected chi connectivity index (χ3v) is 7.14. The smallest absolute Gasteiger partial charge is 0.251 e. The molecule has 0 aromatic carbocycles. The highest BCUT2D eigenvalue weighted by atomic mass is 35.5. The van der Waals surface area contributed by atoms with Crippen LogP contribution in [0.2, 0.25) is 5.02 Å². The Labute approximate surface area is 186 Å². The Kier molecular flexibility index (Phi) is 5.63. The summed E-state index contributed by atoms with van der Waals surface area (Å²) < 4.78 is 28.0. The van der Waals surface area contributed by atoms with Gasteiger partial charge < -0.3 is 10.6 Å². The Morgan fingerprint density at radius 3 is 2.45 bits per heavy atom. The summed E-state index contributed by atoms with van der Waals surface area (Å²) in [6.45, 7) is 0. The maximum atomic E-state index is 13.0. The topological polar surface area (TPSA) is 67.7 Å². The van der Waals surface area contributed by atoms with Crippen LogP contribution in [0.1, 0.15) is 57.1 Å². The molecule has 0 unspecified atom stereocenters. The van der Waals surface area contributed by atoms with Gasteiger partial charge in [-0.2, -0.15) is 5.10 Å². The van der Waals surface area contributed by atoms with Crippen LogP contribution in [0.5, 0.6) is 0 Å². The average molecular weight is 451 g/mol. The molecule has 2 heterocycles. The van der Waals surface area contributed by atoms with Crippen molar-refractivity contribution in [3.05, 3.63) is 23.1 Å². The summed E-state index contributed by atoms with van der Waals surface area (Å²) in [4.78, 5) is 9.13. The molecule has 31 heavy (non-hydrogen) atoms. The average Bonchev–Trinajstić information content (AvgIpc) is 3.46. The van der Waals surface area contributed by atoms with Crippen LogP contribution in [-0.2, 0) is 13.5 Å².